The molecule has 2 unspecified atom stereocenters. The van der Waals surface area contributed by atoms with Crippen molar-refractivity contribution in [2.45, 2.75) is 123 Å². The summed E-state index contributed by atoms with van der Waals surface area (Å²) in [5, 5.41) is 2.81. The fourth-order valence-corrected chi connectivity index (χ4v) is 5.38. The average molecular weight is 365 g/mol. The van der Waals surface area contributed by atoms with Gasteiger partial charge in [0.2, 0.25) is 0 Å². The fraction of sp³-hybridized carbons (Fsp3) is 1.00. The molecule has 2 rings (SSSR count). The molecule has 2 fully saturated rings. The fourth-order valence-electron chi connectivity index (χ4n) is 5.38. The van der Waals surface area contributed by atoms with E-state index >= 15 is 0 Å². The van der Waals surface area contributed by atoms with Crippen LogP contribution in [0.15, 0.2) is 0 Å². The molecule has 2 nitrogen and oxygen atoms in total. The first kappa shape index (κ1) is 22.2. The number of hydrogen-bond acceptors (Lipinski definition) is 2. The summed E-state index contributed by atoms with van der Waals surface area (Å²) in [7, 11) is 0. The molecule has 0 aromatic rings. The van der Waals surface area contributed by atoms with Gasteiger partial charge >= 0.3 is 0 Å². The highest BCUT2D eigenvalue weighted by molar-refractivity contribution is 4.97. The van der Waals surface area contributed by atoms with Crippen LogP contribution >= 0.6 is 0 Å². The van der Waals surface area contributed by atoms with E-state index in [-0.39, 0.29) is 0 Å². The zero-order chi connectivity index (χ0) is 18.8. The SMILES string of the molecule is CC(C)CCC1CCCCCCC1(CCC(C)C)N1CCCCCCN1. The average Bonchev–Trinajstić information content (AvgIpc) is 2.54. The van der Waals surface area contributed by atoms with Gasteiger partial charge in [0.25, 0.3) is 0 Å². The molecule has 0 radical (unpaired) electrons. The van der Waals surface area contributed by atoms with Gasteiger partial charge in [0.1, 0.15) is 0 Å². The van der Waals surface area contributed by atoms with Crippen molar-refractivity contribution in [3.8, 4) is 0 Å². The van der Waals surface area contributed by atoms with Crippen LogP contribution in [0.4, 0.5) is 0 Å². The Hall–Kier alpha value is -0.0800. The Morgan fingerprint density at radius 3 is 2.31 bits per heavy atom. The predicted molar refractivity (Wildman–Crippen MR) is 115 cm³/mol. The highest BCUT2D eigenvalue weighted by atomic mass is 15.5. The molecule has 0 aromatic heterocycles. The summed E-state index contributed by atoms with van der Waals surface area (Å²) in [6, 6.07) is 0. The zero-order valence-corrected chi connectivity index (χ0v) is 18.5. The second-order valence-corrected chi connectivity index (χ2v) is 10.1. The summed E-state index contributed by atoms with van der Waals surface area (Å²) in [5.41, 5.74) is 4.37. The quantitative estimate of drug-likeness (QED) is 0.526. The van der Waals surface area contributed by atoms with Crippen molar-refractivity contribution in [2.75, 3.05) is 13.1 Å². The lowest BCUT2D eigenvalue weighted by Gasteiger charge is -2.51. The van der Waals surface area contributed by atoms with Gasteiger partial charge in [-0.2, -0.15) is 0 Å². The van der Waals surface area contributed by atoms with Crippen molar-refractivity contribution < 1.29 is 0 Å². The summed E-state index contributed by atoms with van der Waals surface area (Å²) in [6.45, 7) is 12.1. The van der Waals surface area contributed by atoms with Crippen molar-refractivity contribution >= 4 is 0 Å². The lowest BCUT2D eigenvalue weighted by atomic mass is 9.69. The monoisotopic (exact) mass is 364 g/mol. The number of nitrogens with zero attached hydrogens (tertiary/aromatic N) is 1. The molecular formula is C24H48N2. The van der Waals surface area contributed by atoms with Crippen molar-refractivity contribution in [2.24, 2.45) is 17.8 Å². The molecule has 1 aliphatic carbocycles. The molecule has 0 bridgehead atoms. The van der Waals surface area contributed by atoms with Gasteiger partial charge in [-0.3, -0.25) is 5.43 Å². The third kappa shape index (κ3) is 6.82. The van der Waals surface area contributed by atoms with Crippen LogP contribution in [-0.4, -0.2) is 23.6 Å². The van der Waals surface area contributed by atoms with Crippen molar-refractivity contribution in [3.63, 3.8) is 0 Å². The van der Waals surface area contributed by atoms with E-state index in [1.54, 1.807) is 0 Å². The van der Waals surface area contributed by atoms with Gasteiger partial charge in [-0.25, -0.2) is 5.01 Å². The molecule has 154 valence electrons. The Morgan fingerprint density at radius 2 is 1.54 bits per heavy atom. The van der Waals surface area contributed by atoms with Gasteiger partial charge in [0, 0.05) is 18.6 Å². The summed E-state index contributed by atoms with van der Waals surface area (Å²) in [4.78, 5) is 0. The van der Waals surface area contributed by atoms with Crippen molar-refractivity contribution in [1.29, 1.82) is 0 Å². The van der Waals surface area contributed by atoms with Crippen LogP contribution in [0.5, 0.6) is 0 Å². The third-order valence-corrected chi connectivity index (χ3v) is 7.07. The summed E-state index contributed by atoms with van der Waals surface area (Å²) in [6.07, 6.45) is 19.9. The number of nitrogens with one attached hydrogen (secondary N) is 1. The second-order valence-electron chi connectivity index (χ2n) is 10.1. The van der Waals surface area contributed by atoms with Crippen LogP contribution in [-0.2, 0) is 0 Å². The van der Waals surface area contributed by atoms with Gasteiger partial charge in [-0.15, -0.1) is 0 Å². The maximum atomic E-state index is 3.96. The predicted octanol–water partition coefficient (Wildman–Crippen LogP) is 6.95. The maximum absolute atomic E-state index is 3.96. The van der Waals surface area contributed by atoms with E-state index in [9.17, 15) is 0 Å². The molecule has 1 heterocycles. The van der Waals surface area contributed by atoms with E-state index in [0.29, 0.717) is 5.54 Å². The summed E-state index contributed by atoms with van der Waals surface area (Å²) < 4.78 is 0. The molecule has 26 heavy (non-hydrogen) atoms. The van der Waals surface area contributed by atoms with Crippen LogP contribution in [0.25, 0.3) is 0 Å². The van der Waals surface area contributed by atoms with Crippen LogP contribution in [0.3, 0.4) is 0 Å². The lowest BCUT2D eigenvalue weighted by molar-refractivity contribution is -0.0460. The van der Waals surface area contributed by atoms with E-state index in [1.807, 2.05) is 0 Å². The van der Waals surface area contributed by atoms with E-state index in [0.717, 1.165) is 17.8 Å². The summed E-state index contributed by atoms with van der Waals surface area (Å²) >= 11 is 0. The van der Waals surface area contributed by atoms with E-state index in [4.69, 9.17) is 0 Å². The molecule has 0 spiro atoms. The highest BCUT2D eigenvalue weighted by Gasteiger charge is 2.43. The van der Waals surface area contributed by atoms with E-state index in [2.05, 4.69) is 38.1 Å². The molecule has 1 aliphatic heterocycles. The molecule has 2 aliphatic rings. The maximum Gasteiger partial charge on any atom is 0.0382 e. The molecule has 1 saturated carbocycles. The zero-order valence-electron chi connectivity index (χ0n) is 18.5. The molecule has 1 saturated heterocycles. The minimum atomic E-state index is 0.414. The lowest BCUT2D eigenvalue weighted by Crippen LogP contribution is -2.60. The van der Waals surface area contributed by atoms with Gasteiger partial charge in [0.05, 0.1) is 0 Å². The Morgan fingerprint density at radius 1 is 0.846 bits per heavy atom. The Balaban J connectivity index is 2.25. The standard InChI is InChI=1S/C24H48N2/c1-21(2)14-15-23-13-9-5-6-10-17-24(23,18-16-22(3)4)26-20-12-8-7-11-19-25-26/h21-23,25H,5-20H2,1-4H3. The highest BCUT2D eigenvalue weighted by Crippen LogP contribution is 2.43. The normalized spacial score (nSPS) is 30.0. The molecule has 1 N–H and O–H groups in total. The minimum absolute atomic E-state index is 0.414. The molecule has 2 atom stereocenters. The van der Waals surface area contributed by atoms with Gasteiger partial charge in [-0.05, 0) is 62.7 Å². The molecule has 0 amide bonds. The molecule has 0 aromatic carbocycles. The number of rotatable bonds is 7. The number of hydrazine groups is 1. The Labute approximate surface area is 164 Å². The van der Waals surface area contributed by atoms with Crippen molar-refractivity contribution in [1.82, 2.24) is 10.4 Å². The summed E-state index contributed by atoms with van der Waals surface area (Å²) in [5.74, 6) is 2.54. The Bertz CT molecular complexity index is 357. The second kappa shape index (κ2) is 11.7. The largest absolute Gasteiger partial charge is 0.255 e. The topological polar surface area (TPSA) is 15.3 Å². The van der Waals surface area contributed by atoms with E-state index in [1.165, 1.54) is 103 Å². The van der Waals surface area contributed by atoms with Crippen LogP contribution in [0, 0.1) is 17.8 Å². The number of hydrogen-bond donors (Lipinski definition) is 1. The van der Waals surface area contributed by atoms with Gasteiger partial charge < -0.3 is 0 Å². The third-order valence-electron chi connectivity index (χ3n) is 7.07. The smallest absolute Gasteiger partial charge is 0.0382 e. The van der Waals surface area contributed by atoms with Gasteiger partial charge in [-0.1, -0.05) is 72.6 Å². The van der Waals surface area contributed by atoms with Crippen molar-refractivity contribution in [3.05, 3.63) is 0 Å². The van der Waals surface area contributed by atoms with Crippen LogP contribution in [0.1, 0.15) is 118 Å². The van der Waals surface area contributed by atoms with Crippen LogP contribution in [0.2, 0.25) is 0 Å². The first-order valence-corrected chi connectivity index (χ1v) is 12.1. The first-order valence-electron chi connectivity index (χ1n) is 12.1. The van der Waals surface area contributed by atoms with E-state index < -0.39 is 0 Å². The first-order chi connectivity index (χ1) is 12.5. The Kier molecular flexibility index (Phi) is 9.99. The minimum Gasteiger partial charge on any atom is -0.255 e. The molecular weight excluding hydrogens is 316 g/mol. The van der Waals surface area contributed by atoms with Gasteiger partial charge in [0.15, 0.2) is 0 Å². The van der Waals surface area contributed by atoms with Crippen LogP contribution < -0.4 is 5.43 Å². The molecule has 2 heteroatoms.